The molecular formula is C20H30N3O4+. The number of piperazine rings is 1. The number of amides is 1. The van der Waals surface area contributed by atoms with Crippen LogP contribution < -0.4 is 9.80 Å². The van der Waals surface area contributed by atoms with Crippen LogP contribution in [0, 0.1) is 5.92 Å². The summed E-state index contributed by atoms with van der Waals surface area (Å²) in [5, 5.41) is 10.00. The number of para-hydroxylation sites is 2. The lowest BCUT2D eigenvalue weighted by Crippen LogP contribution is -3.16. The standard InChI is InChI=1S/C20H29N3O4/c1-2-27-20(26)16-7-9-23(10-8-16)19(25)15-21-11-13-22(14-12-21)17-5-3-4-6-18(17)24/h3-6,16,24H,2,7-15H2,1H3/p+1. The minimum atomic E-state index is -0.129. The maximum Gasteiger partial charge on any atom is 0.309 e. The molecule has 27 heavy (non-hydrogen) atoms. The largest absolute Gasteiger partial charge is 0.506 e. The van der Waals surface area contributed by atoms with Crippen LogP contribution in [0.15, 0.2) is 24.3 Å². The number of phenolic OH excluding ortho intramolecular Hbond substituents is 1. The number of ether oxygens (including phenoxy) is 1. The molecule has 7 heteroatoms. The molecule has 0 aliphatic carbocycles. The number of quaternary nitrogens is 1. The molecule has 1 aromatic carbocycles. The van der Waals surface area contributed by atoms with Crippen LogP contribution in [-0.2, 0) is 14.3 Å². The van der Waals surface area contributed by atoms with Gasteiger partial charge in [-0.05, 0) is 31.9 Å². The highest BCUT2D eigenvalue weighted by Gasteiger charge is 2.30. The Morgan fingerprint density at radius 2 is 1.81 bits per heavy atom. The van der Waals surface area contributed by atoms with Crippen molar-refractivity contribution in [3.63, 3.8) is 0 Å². The predicted molar refractivity (Wildman–Crippen MR) is 102 cm³/mol. The minimum absolute atomic E-state index is 0.0663. The van der Waals surface area contributed by atoms with Crippen molar-refractivity contribution in [2.75, 3.05) is 57.3 Å². The number of rotatable bonds is 5. The van der Waals surface area contributed by atoms with Crippen molar-refractivity contribution in [1.29, 1.82) is 0 Å². The highest BCUT2D eigenvalue weighted by molar-refractivity contribution is 5.78. The molecule has 148 valence electrons. The smallest absolute Gasteiger partial charge is 0.309 e. The van der Waals surface area contributed by atoms with Crippen LogP contribution in [0.4, 0.5) is 5.69 Å². The SMILES string of the molecule is CCOC(=O)C1CCN(C(=O)C[NH+]2CCN(c3ccccc3O)CC2)CC1. The molecule has 2 heterocycles. The summed E-state index contributed by atoms with van der Waals surface area (Å²) in [6.45, 7) is 7.40. The number of likely N-dealkylation sites (tertiary alicyclic amines) is 1. The number of aromatic hydroxyl groups is 1. The van der Waals surface area contributed by atoms with Gasteiger partial charge in [-0.3, -0.25) is 9.59 Å². The van der Waals surface area contributed by atoms with Crippen molar-refractivity contribution >= 4 is 17.6 Å². The Bertz CT molecular complexity index is 650. The van der Waals surface area contributed by atoms with Gasteiger partial charge in [-0.2, -0.15) is 0 Å². The molecule has 7 nitrogen and oxygen atoms in total. The van der Waals surface area contributed by atoms with Crippen LogP contribution in [0.25, 0.3) is 0 Å². The number of benzene rings is 1. The van der Waals surface area contributed by atoms with Gasteiger partial charge in [-0.1, -0.05) is 12.1 Å². The lowest BCUT2D eigenvalue weighted by Gasteiger charge is -2.35. The van der Waals surface area contributed by atoms with Gasteiger partial charge < -0.3 is 24.5 Å². The third-order valence-corrected chi connectivity index (χ3v) is 5.56. The van der Waals surface area contributed by atoms with Gasteiger partial charge in [-0.25, -0.2) is 0 Å². The summed E-state index contributed by atoms with van der Waals surface area (Å²) in [7, 11) is 0. The number of nitrogens with zero attached hydrogens (tertiary/aromatic N) is 2. The molecule has 1 amide bonds. The van der Waals surface area contributed by atoms with Crippen LogP contribution in [0.5, 0.6) is 5.75 Å². The van der Waals surface area contributed by atoms with Crippen molar-refractivity contribution in [2.24, 2.45) is 5.92 Å². The topological polar surface area (TPSA) is 74.5 Å². The first kappa shape index (κ1) is 19.5. The van der Waals surface area contributed by atoms with Gasteiger partial charge in [-0.15, -0.1) is 0 Å². The number of carbonyl (C=O) groups excluding carboxylic acids is 2. The molecule has 0 bridgehead atoms. The summed E-state index contributed by atoms with van der Waals surface area (Å²) in [5.74, 6) is 0.281. The fraction of sp³-hybridized carbons (Fsp3) is 0.600. The second-order valence-corrected chi connectivity index (χ2v) is 7.31. The quantitative estimate of drug-likeness (QED) is 0.702. The number of carbonyl (C=O) groups is 2. The van der Waals surface area contributed by atoms with Crippen LogP contribution in [-0.4, -0.2) is 74.3 Å². The normalized spacial score (nSPS) is 19.1. The van der Waals surface area contributed by atoms with Gasteiger partial charge in [0.25, 0.3) is 5.91 Å². The van der Waals surface area contributed by atoms with E-state index in [9.17, 15) is 14.7 Å². The van der Waals surface area contributed by atoms with E-state index in [1.54, 1.807) is 6.07 Å². The molecule has 2 aliphatic rings. The number of nitrogens with one attached hydrogen (secondary N) is 1. The second kappa shape index (κ2) is 9.08. The van der Waals surface area contributed by atoms with E-state index in [4.69, 9.17) is 4.74 Å². The Balaban J connectivity index is 1.42. The highest BCUT2D eigenvalue weighted by Crippen LogP contribution is 2.26. The zero-order valence-corrected chi connectivity index (χ0v) is 16.0. The van der Waals surface area contributed by atoms with E-state index >= 15 is 0 Å². The van der Waals surface area contributed by atoms with Crippen LogP contribution in [0.3, 0.4) is 0 Å². The lowest BCUT2D eigenvalue weighted by atomic mass is 9.97. The first-order valence-electron chi connectivity index (χ1n) is 9.89. The second-order valence-electron chi connectivity index (χ2n) is 7.31. The van der Waals surface area contributed by atoms with Crippen molar-refractivity contribution in [3.05, 3.63) is 24.3 Å². The average molecular weight is 376 g/mol. The molecule has 0 spiro atoms. The van der Waals surface area contributed by atoms with E-state index in [-0.39, 0.29) is 17.8 Å². The van der Waals surface area contributed by atoms with E-state index in [1.807, 2.05) is 30.0 Å². The molecule has 2 aliphatic heterocycles. The Kier molecular flexibility index (Phi) is 6.55. The molecular weight excluding hydrogens is 346 g/mol. The molecule has 3 rings (SSSR count). The summed E-state index contributed by atoms with van der Waals surface area (Å²) in [6.07, 6.45) is 1.39. The number of phenols is 1. The van der Waals surface area contributed by atoms with Gasteiger partial charge in [0.05, 0.1) is 44.4 Å². The Morgan fingerprint density at radius 1 is 1.15 bits per heavy atom. The first-order chi connectivity index (χ1) is 13.1. The van der Waals surface area contributed by atoms with E-state index in [1.165, 1.54) is 4.90 Å². The van der Waals surface area contributed by atoms with Gasteiger partial charge in [0.15, 0.2) is 6.54 Å². The summed E-state index contributed by atoms with van der Waals surface area (Å²) < 4.78 is 5.08. The fourth-order valence-electron chi connectivity index (χ4n) is 3.92. The van der Waals surface area contributed by atoms with Crippen molar-refractivity contribution < 1.29 is 24.3 Å². The summed E-state index contributed by atoms with van der Waals surface area (Å²) in [6, 6.07) is 7.39. The minimum Gasteiger partial charge on any atom is -0.506 e. The fourth-order valence-corrected chi connectivity index (χ4v) is 3.92. The Labute approximate surface area is 160 Å². The molecule has 0 unspecified atom stereocenters. The monoisotopic (exact) mass is 376 g/mol. The van der Waals surface area contributed by atoms with Gasteiger partial charge in [0.1, 0.15) is 5.75 Å². The van der Waals surface area contributed by atoms with Gasteiger partial charge >= 0.3 is 5.97 Å². The van der Waals surface area contributed by atoms with Crippen LogP contribution >= 0.6 is 0 Å². The van der Waals surface area contributed by atoms with Gasteiger partial charge in [0.2, 0.25) is 0 Å². The number of piperidine rings is 1. The maximum atomic E-state index is 12.6. The van der Waals surface area contributed by atoms with Gasteiger partial charge in [0, 0.05) is 13.1 Å². The predicted octanol–water partition coefficient (Wildman–Crippen LogP) is -0.101. The molecule has 1 aromatic rings. The summed E-state index contributed by atoms with van der Waals surface area (Å²) >= 11 is 0. The van der Waals surface area contributed by atoms with E-state index in [0.29, 0.717) is 44.8 Å². The molecule has 0 radical (unpaired) electrons. The molecule has 0 atom stereocenters. The Morgan fingerprint density at radius 3 is 2.44 bits per heavy atom. The van der Waals surface area contributed by atoms with Crippen molar-refractivity contribution in [2.45, 2.75) is 19.8 Å². The third kappa shape index (κ3) is 4.91. The average Bonchev–Trinajstić information content (AvgIpc) is 2.69. The molecule has 2 saturated heterocycles. The van der Waals surface area contributed by atoms with E-state index < -0.39 is 0 Å². The molecule has 2 N–H and O–H groups in total. The molecule has 2 fully saturated rings. The van der Waals surface area contributed by atoms with Crippen molar-refractivity contribution in [3.8, 4) is 5.75 Å². The summed E-state index contributed by atoms with van der Waals surface area (Å²) in [4.78, 5) is 29.8. The highest BCUT2D eigenvalue weighted by atomic mass is 16.5. The summed E-state index contributed by atoms with van der Waals surface area (Å²) in [5.41, 5.74) is 0.865. The van der Waals surface area contributed by atoms with Crippen LogP contribution in [0.2, 0.25) is 0 Å². The third-order valence-electron chi connectivity index (χ3n) is 5.56. The van der Waals surface area contributed by atoms with E-state index in [0.717, 1.165) is 31.9 Å². The molecule has 0 saturated carbocycles. The van der Waals surface area contributed by atoms with Crippen molar-refractivity contribution in [1.82, 2.24) is 4.90 Å². The number of anilines is 1. The maximum absolute atomic E-state index is 12.6. The first-order valence-corrected chi connectivity index (χ1v) is 9.89. The number of hydrogen-bond acceptors (Lipinski definition) is 5. The lowest BCUT2D eigenvalue weighted by molar-refractivity contribution is -0.892. The van der Waals surface area contributed by atoms with E-state index in [2.05, 4.69) is 4.90 Å². The number of esters is 1. The van der Waals surface area contributed by atoms with Crippen LogP contribution in [0.1, 0.15) is 19.8 Å². The molecule has 0 aromatic heterocycles. The zero-order valence-electron chi connectivity index (χ0n) is 16.0. The zero-order chi connectivity index (χ0) is 19.2. The number of hydrogen-bond donors (Lipinski definition) is 2. The Hall–Kier alpha value is -2.28.